The number of aromatic nitrogens is 2. The second kappa shape index (κ2) is 6.98. The molecule has 0 unspecified atom stereocenters. The van der Waals surface area contributed by atoms with Crippen molar-refractivity contribution in [3.05, 3.63) is 64.2 Å². The molecule has 0 spiro atoms. The van der Waals surface area contributed by atoms with Crippen molar-refractivity contribution in [3.63, 3.8) is 0 Å². The second-order valence-corrected chi connectivity index (χ2v) is 7.62. The topological polar surface area (TPSA) is 79.1 Å². The third-order valence-corrected chi connectivity index (χ3v) is 5.75. The summed E-state index contributed by atoms with van der Waals surface area (Å²) in [5.41, 5.74) is 8.28. The Bertz CT molecular complexity index is 1220. The highest BCUT2D eigenvalue weighted by molar-refractivity contribution is 7.22. The second-order valence-electron chi connectivity index (χ2n) is 6.59. The first-order valence-electron chi connectivity index (χ1n) is 8.83. The largest absolute Gasteiger partial charge is 0.443 e. The van der Waals surface area contributed by atoms with E-state index in [4.69, 9.17) is 4.42 Å². The Morgan fingerprint density at radius 2 is 2.04 bits per heavy atom. The minimum absolute atomic E-state index is 0.561. The first-order chi connectivity index (χ1) is 13.5. The van der Waals surface area contributed by atoms with E-state index < -0.39 is 0 Å². The molecule has 0 radical (unpaired) electrons. The van der Waals surface area contributed by atoms with Gasteiger partial charge in [-0.1, -0.05) is 23.5 Å². The predicted molar refractivity (Wildman–Crippen MR) is 113 cm³/mol. The van der Waals surface area contributed by atoms with Gasteiger partial charge in [-0.05, 0) is 45.9 Å². The number of aryl methyl sites for hydroxylation is 2. The maximum atomic E-state index is 9.52. The third kappa shape index (κ3) is 2.98. The maximum absolute atomic E-state index is 9.52. The van der Waals surface area contributed by atoms with Gasteiger partial charge in [0.25, 0.3) is 0 Å². The van der Waals surface area contributed by atoms with E-state index in [1.807, 2.05) is 62.6 Å². The van der Waals surface area contributed by atoms with Crippen LogP contribution in [0.5, 0.6) is 0 Å². The number of rotatable bonds is 4. The monoisotopic (exact) mass is 389 g/mol. The fraction of sp³-hybridized carbons (Fsp3) is 0.190. The zero-order chi connectivity index (χ0) is 19.8. The van der Waals surface area contributed by atoms with Crippen LogP contribution >= 0.6 is 11.3 Å². The summed E-state index contributed by atoms with van der Waals surface area (Å²) >= 11 is 1.56. The van der Waals surface area contributed by atoms with Gasteiger partial charge in [0.15, 0.2) is 0 Å². The van der Waals surface area contributed by atoms with E-state index in [1.54, 1.807) is 17.6 Å². The Morgan fingerprint density at radius 1 is 1.25 bits per heavy atom. The fourth-order valence-electron chi connectivity index (χ4n) is 3.21. The third-order valence-electron chi connectivity index (χ3n) is 4.81. The number of benzene rings is 1. The van der Waals surface area contributed by atoms with E-state index in [0.717, 1.165) is 43.6 Å². The minimum atomic E-state index is 0.561. The number of anilines is 1. The van der Waals surface area contributed by atoms with Crippen LogP contribution < -0.4 is 5.43 Å². The van der Waals surface area contributed by atoms with Crippen LogP contribution in [0, 0.1) is 39.0 Å². The zero-order valence-corrected chi connectivity index (χ0v) is 16.9. The molecule has 0 saturated heterocycles. The Morgan fingerprint density at radius 3 is 2.79 bits per heavy atom. The van der Waals surface area contributed by atoms with Gasteiger partial charge >= 0.3 is 0 Å². The molecule has 6 nitrogen and oxygen atoms in total. The number of nitrogens with zero attached hydrogens (tertiary/aromatic N) is 4. The van der Waals surface area contributed by atoms with Crippen LogP contribution in [0.3, 0.4) is 0 Å². The lowest BCUT2D eigenvalue weighted by Crippen LogP contribution is -2.00. The van der Waals surface area contributed by atoms with Gasteiger partial charge in [-0.25, -0.2) is 4.98 Å². The fourth-order valence-corrected chi connectivity index (χ4v) is 4.02. The maximum Gasteiger partial charge on any atom is 0.222 e. The van der Waals surface area contributed by atoms with Crippen LogP contribution in [0.25, 0.3) is 16.1 Å². The number of nitriles is 1. The van der Waals surface area contributed by atoms with Crippen molar-refractivity contribution in [2.45, 2.75) is 27.7 Å². The van der Waals surface area contributed by atoms with E-state index in [0.29, 0.717) is 11.4 Å². The normalized spacial score (nSPS) is 11.4. The van der Waals surface area contributed by atoms with Gasteiger partial charge in [-0.15, -0.1) is 0 Å². The van der Waals surface area contributed by atoms with Crippen molar-refractivity contribution in [2.75, 3.05) is 5.43 Å². The van der Waals surface area contributed by atoms with E-state index in [1.165, 1.54) is 0 Å². The Labute approximate surface area is 166 Å². The highest BCUT2D eigenvalue weighted by atomic mass is 32.1. The molecule has 3 aromatic heterocycles. The van der Waals surface area contributed by atoms with Crippen LogP contribution in [0.1, 0.15) is 33.8 Å². The molecule has 0 fully saturated rings. The molecule has 1 aromatic carbocycles. The molecule has 4 aromatic rings. The summed E-state index contributed by atoms with van der Waals surface area (Å²) < 4.78 is 8.95. The van der Waals surface area contributed by atoms with Crippen molar-refractivity contribution < 1.29 is 4.42 Å². The summed E-state index contributed by atoms with van der Waals surface area (Å²) in [6.07, 6.45) is 1.76. The highest BCUT2D eigenvalue weighted by Crippen LogP contribution is 2.29. The lowest BCUT2D eigenvalue weighted by Gasteiger charge is -2.06. The molecule has 7 heteroatoms. The molecule has 0 amide bonds. The smallest absolute Gasteiger partial charge is 0.222 e. The molecule has 0 aliphatic rings. The molecule has 28 heavy (non-hydrogen) atoms. The number of hydrogen-bond donors (Lipinski definition) is 1. The molecule has 1 N–H and O–H groups in total. The molecule has 3 heterocycles. The summed E-state index contributed by atoms with van der Waals surface area (Å²) in [5.74, 6) is 1.32. The van der Waals surface area contributed by atoms with Gasteiger partial charge in [0.05, 0.1) is 16.4 Å². The predicted octanol–water partition coefficient (Wildman–Crippen LogP) is 5.23. The SMILES string of the molecule is Cc1oc(-n2c(C)cc(/C=N\Nc3nc4ccccc4s3)c2C)c(C#N)c1C. The average molecular weight is 389 g/mol. The molecular formula is C21H19N5OS. The molecule has 140 valence electrons. The first kappa shape index (κ1) is 18.0. The lowest BCUT2D eigenvalue weighted by atomic mass is 10.2. The zero-order valence-electron chi connectivity index (χ0n) is 16.1. The van der Waals surface area contributed by atoms with E-state index in [9.17, 15) is 5.26 Å². The standard InChI is InChI=1S/C21H19N5OS/c1-12-9-16(11-23-25-21-24-18-7-5-6-8-19(18)28-21)14(3)26(12)20-17(10-22)13(2)15(4)27-20/h5-9,11H,1-4H3,(H,24,25)/b23-11-. The molecule has 4 rings (SSSR count). The van der Waals surface area contributed by atoms with Crippen molar-refractivity contribution >= 4 is 32.9 Å². The summed E-state index contributed by atoms with van der Waals surface area (Å²) in [6.45, 7) is 7.75. The van der Waals surface area contributed by atoms with Crippen LogP contribution in [0.15, 0.2) is 39.9 Å². The molecule has 0 bridgehead atoms. The van der Waals surface area contributed by atoms with Crippen LogP contribution in [0.2, 0.25) is 0 Å². The molecular weight excluding hydrogens is 370 g/mol. The lowest BCUT2D eigenvalue weighted by molar-refractivity contribution is 0.503. The van der Waals surface area contributed by atoms with E-state index in [-0.39, 0.29) is 0 Å². The Balaban J connectivity index is 1.63. The van der Waals surface area contributed by atoms with Gasteiger partial charge in [-0.2, -0.15) is 10.4 Å². The van der Waals surface area contributed by atoms with Crippen LogP contribution in [0.4, 0.5) is 5.13 Å². The van der Waals surface area contributed by atoms with Gasteiger partial charge in [0.2, 0.25) is 11.0 Å². The Hall–Kier alpha value is -3.37. The average Bonchev–Trinajstić information content (AvgIpc) is 3.29. The number of hydrogen-bond acceptors (Lipinski definition) is 6. The van der Waals surface area contributed by atoms with Crippen molar-refractivity contribution in [1.82, 2.24) is 9.55 Å². The highest BCUT2D eigenvalue weighted by Gasteiger charge is 2.20. The summed E-state index contributed by atoms with van der Waals surface area (Å²) in [5, 5.41) is 14.6. The molecule has 0 atom stereocenters. The summed E-state index contributed by atoms with van der Waals surface area (Å²) in [6, 6.07) is 12.3. The van der Waals surface area contributed by atoms with Gasteiger partial charge < -0.3 is 4.42 Å². The first-order valence-corrected chi connectivity index (χ1v) is 9.65. The number of nitrogens with one attached hydrogen (secondary N) is 1. The molecule has 0 aliphatic carbocycles. The number of para-hydroxylation sites is 1. The number of hydrazone groups is 1. The number of thiazole rings is 1. The number of furan rings is 1. The van der Waals surface area contributed by atoms with Gasteiger partial charge in [0.1, 0.15) is 17.4 Å². The van der Waals surface area contributed by atoms with E-state index >= 15 is 0 Å². The van der Waals surface area contributed by atoms with Crippen LogP contribution in [-0.2, 0) is 0 Å². The van der Waals surface area contributed by atoms with Crippen molar-refractivity contribution in [1.29, 1.82) is 5.26 Å². The number of fused-ring (bicyclic) bond motifs is 1. The van der Waals surface area contributed by atoms with Gasteiger partial charge in [-0.3, -0.25) is 9.99 Å². The van der Waals surface area contributed by atoms with Crippen molar-refractivity contribution in [2.24, 2.45) is 5.10 Å². The summed E-state index contributed by atoms with van der Waals surface area (Å²) in [4.78, 5) is 4.51. The van der Waals surface area contributed by atoms with Crippen LogP contribution in [-0.4, -0.2) is 15.8 Å². The van der Waals surface area contributed by atoms with E-state index in [2.05, 4.69) is 21.6 Å². The Kier molecular flexibility index (Phi) is 4.49. The minimum Gasteiger partial charge on any atom is -0.443 e. The van der Waals surface area contributed by atoms with Crippen molar-refractivity contribution in [3.8, 4) is 12.0 Å². The van der Waals surface area contributed by atoms with Gasteiger partial charge in [0, 0.05) is 22.5 Å². The molecule has 0 saturated carbocycles. The summed E-state index contributed by atoms with van der Waals surface area (Å²) in [7, 11) is 0. The molecule has 0 aliphatic heterocycles. The quantitative estimate of drug-likeness (QED) is 0.383.